The summed E-state index contributed by atoms with van der Waals surface area (Å²) in [4.78, 5) is 14.4. The fourth-order valence-electron chi connectivity index (χ4n) is 1.80. The molecule has 1 heterocycles. The van der Waals surface area contributed by atoms with Crippen molar-refractivity contribution in [3.8, 4) is 6.07 Å². The summed E-state index contributed by atoms with van der Waals surface area (Å²) in [5.41, 5.74) is 7.61. The van der Waals surface area contributed by atoms with E-state index >= 15 is 0 Å². The van der Waals surface area contributed by atoms with Crippen molar-refractivity contribution in [3.05, 3.63) is 35.5 Å². The van der Waals surface area contributed by atoms with Crippen LogP contribution in [0.1, 0.15) is 17.2 Å². The molecule has 17 heavy (non-hydrogen) atoms. The predicted octanol–water partition coefficient (Wildman–Crippen LogP) is 1.21. The number of ether oxygens (including phenoxy) is 1. The third-order valence-corrected chi connectivity index (χ3v) is 2.65. The van der Waals surface area contributed by atoms with Crippen LogP contribution in [0.5, 0.6) is 0 Å². The molecule has 1 aromatic carbocycles. The molecule has 0 amide bonds. The molecule has 1 aromatic heterocycles. The van der Waals surface area contributed by atoms with Gasteiger partial charge in [0.25, 0.3) is 0 Å². The van der Waals surface area contributed by atoms with Crippen LogP contribution in [0.15, 0.2) is 24.4 Å². The highest BCUT2D eigenvalue weighted by Crippen LogP contribution is 2.26. The summed E-state index contributed by atoms with van der Waals surface area (Å²) in [5.74, 6) is -0.529. The summed E-state index contributed by atoms with van der Waals surface area (Å²) < 4.78 is 4.60. The number of nitrogens with two attached hydrogens (primary N) is 1. The van der Waals surface area contributed by atoms with Crippen LogP contribution in [0, 0.1) is 11.3 Å². The summed E-state index contributed by atoms with van der Waals surface area (Å²) >= 11 is 0. The Hall–Kier alpha value is -2.32. The molecule has 2 rings (SSSR count). The van der Waals surface area contributed by atoms with E-state index in [1.54, 1.807) is 18.3 Å². The fourth-order valence-corrected chi connectivity index (χ4v) is 1.80. The maximum absolute atomic E-state index is 11.4. The zero-order valence-corrected chi connectivity index (χ0v) is 9.23. The summed E-state index contributed by atoms with van der Waals surface area (Å²) in [7, 11) is 1.28. The van der Waals surface area contributed by atoms with Crippen molar-refractivity contribution in [1.82, 2.24) is 4.98 Å². The van der Waals surface area contributed by atoms with Gasteiger partial charge in [-0.25, -0.2) is 0 Å². The SMILES string of the molecule is COC(=O)C(N)c1c[nH]c2cccc(C#N)c12. The smallest absolute Gasteiger partial charge is 0.327 e. The number of fused-ring (bicyclic) bond motifs is 1. The number of methoxy groups -OCH3 is 1. The molecule has 0 spiro atoms. The van der Waals surface area contributed by atoms with Crippen LogP contribution in [-0.4, -0.2) is 18.1 Å². The van der Waals surface area contributed by atoms with Crippen molar-refractivity contribution in [3.63, 3.8) is 0 Å². The van der Waals surface area contributed by atoms with Crippen LogP contribution >= 0.6 is 0 Å². The highest BCUT2D eigenvalue weighted by Gasteiger charge is 2.21. The number of hydrogen-bond acceptors (Lipinski definition) is 4. The third kappa shape index (κ3) is 1.75. The molecule has 0 aliphatic carbocycles. The van der Waals surface area contributed by atoms with Gasteiger partial charge in [-0.2, -0.15) is 5.26 Å². The lowest BCUT2D eigenvalue weighted by Gasteiger charge is -2.08. The van der Waals surface area contributed by atoms with Gasteiger partial charge in [-0.3, -0.25) is 4.79 Å². The summed E-state index contributed by atoms with van der Waals surface area (Å²) in [6.07, 6.45) is 1.63. The number of esters is 1. The molecule has 0 fully saturated rings. The molecular weight excluding hydrogens is 218 g/mol. The number of H-pyrrole nitrogens is 1. The fraction of sp³-hybridized carbons (Fsp3) is 0.167. The van der Waals surface area contributed by atoms with Crippen molar-refractivity contribution < 1.29 is 9.53 Å². The molecule has 1 atom stereocenters. The number of rotatable bonds is 2. The Morgan fingerprint density at radius 2 is 2.35 bits per heavy atom. The van der Waals surface area contributed by atoms with Gasteiger partial charge in [-0.15, -0.1) is 0 Å². The van der Waals surface area contributed by atoms with E-state index in [-0.39, 0.29) is 0 Å². The van der Waals surface area contributed by atoms with Gasteiger partial charge in [-0.1, -0.05) is 6.07 Å². The van der Waals surface area contributed by atoms with Gasteiger partial charge in [0.15, 0.2) is 0 Å². The Balaban J connectivity index is 2.63. The number of nitrogens with zero attached hydrogens (tertiary/aromatic N) is 1. The first kappa shape index (κ1) is 11.2. The number of carbonyl (C=O) groups excluding carboxylic acids is 1. The molecule has 0 saturated heterocycles. The molecule has 5 heteroatoms. The van der Waals surface area contributed by atoms with E-state index < -0.39 is 12.0 Å². The van der Waals surface area contributed by atoms with E-state index in [0.29, 0.717) is 16.5 Å². The average molecular weight is 229 g/mol. The first-order chi connectivity index (χ1) is 8.19. The predicted molar refractivity (Wildman–Crippen MR) is 62.0 cm³/mol. The maximum Gasteiger partial charge on any atom is 0.327 e. The van der Waals surface area contributed by atoms with Gasteiger partial charge in [0, 0.05) is 22.7 Å². The normalized spacial score (nSPS) is 12.1. The quantitative estimate of drug-likeness (QED) is 0.757. The minimum absolute atomic E-state index is 0.484. The second-order valence-electron chi connectivity index (χ2n) is 3.58. The van der Waals surface area contributed by atoms with E-state index in [9.17, 15) is 4.79 Å². The Morgan fingerprint density at radius 1 is 1.59 bits per heavy atom. The van der Waals surface area contributed by atoms with Gasteiger partial charge in [0.1, 0.15) is 6.04 Å². The van der Waals surface area contributed by atoms with Crippen molar-refractivity contribution in [2.75, 3.05) is 7.11 Å². The lowest BCUT2D eigenvalue weighted by molar-refractivity contribution is -0.142. The van der Waals surface area contributed by atoms with E-state index in [2.05, 4.69) is 15.8 Å². The lowest BCUT2D eigenvalue weighted by Crippen LogP contribution is -2.22. The van der Waals surface area contributed by atoms with Crippen molar-refractivity contribution in [2.45, 2.75) is 6.04 Å². The maximum atomic E-state index is 11.4. The summed E-state index contributed by atoms with van der Waals surface area (Å²) in [5, 5.41) is 9.71. The number of carbonyl (C=O) groups is 1. The molecule has 5 nitrogen and oxygen atoms in total. The highest BCUT2D eigenvalue weighted by molar-refractivity contribution is 5.93. The lowest BCUT2D eigenvalue weighted by atomic mass is 10.0. The van der Waals surface area contributed by atoms with Gasteiger partial charge >= 0.3 is 5.97 Å². The number of nitriles is 1. The number of aromatic nitrogens is 1. The average Bonchev–Trinajstić information content (AvgIpc) is 2.80. The minimum atomic E-state index is -0.886. The third-order valence-electron chi connectivity index (χ3n) is 2.65. The van der Waals surface area contributed by atoms with Crippen molar-refractivity contribution in [1.29, 1.82) is 5.26 Å². The summed E-state index contributed by atoms with van der Waals surface area (Å²) in [6.45, 7) is 0. The number of hydrogen-bond donors (Lipinski definition) is 2. The van der Waals surface area contributed by atoms with Crippen LogP contribution in [0.25, 0.3) is 10.9 Å². The van der Waals surface area contributed by atoms with Gasteiger partial charge < -0.3 is 15.5 Å². The van der Waals surface area contributed by atoms with Gasteiger partial charge in [-0.05, 0) is 12.1 Å². The molecule has 3 N–H and O–H groups in total. The Bertz CT molecular complexity index is 610. The van der Waals surface area contributed by atoms with Gasteiger partial charge in [0.2, 0.25) is 0 Å². The number of benzene rings is 1. The zero-order valence-electron chi connectivity index (χ0n) is 9.23. The molecule has 0 aliphatic heterocycles. The second kappa shape index (κ2) is 4.28. The van der Waals surface area contributed by atoms with Crippen molar-refractivity contribution >= 4 is 16.9 Å². The molecule has 1 unspecified atom stereocenters. The number of aromatic amines is 1. The highest BCUT2D eigenvalue weighted by atomic mass is 16.5. The first-order valence-electron chi connectivity index (χ1n) is 5.02. The van der Waals surface area contributed by atoms with Crippen LogP contribution in [0.3, 0.4) is 0 Å². The largest absolute Gasteiger partial charge is 0.468 e. The van der Waals surface area contributed by atoms with Crippen LogP contribution in [0.4, 0.5) is 0 Å². The first-order valence-corrected chi connectivity index (χ1v) is 5.02. The molecule has 0 saturated carbocycles. The van der Waals surface area contributed by atoms with Crippen LogP contribution < -0.4 is 5.73 Å². The second-order valence-corrected chi connectivity index (χ2v) is 3.58. The minimum Gasteiger partial charge on any atom is -0.468 e. The van der Waals surface area contributed by atoms with E-state index in [0.717, 1.165) is 5.52 Å². The molecule has 0 bridgehead atoms. The Kier molecular flexibility index (Phi) is 2.81. The van der Waals surface area contributed by atoms with Crippen LogP contribution in [-0.2, 0) is 9.53 Å². The van der Waals surface area contributed by atoms with Crippen LogP contribution in [0.2, 0.25) is 0 Å². The molecule has 86 valence electrons. The number of nitrogens with one attached hydrogen (secondary N) is 1. The van der Waals surface area contributed by atoms with Crippen molar-refractivity contribution in [2.24, 2.45) is 5.73 Å². The molecule has 2 aromatic rings. The van der Waals surface area contributed by atoms with Gasteiger partial charge in [0.05, 0.1) is 18.7 Å². The van der Waals surface area contributed by atoms with E-state index in [1.807, 2.05) is 6.07 Å². The Morgan fingerprint density at radius 3 is 3.00 bits per heavy atom. The van der Waals surface area contributed by atoms with E-state index in [4.69, 9.17) is 11.0 Å². The summed E-state index contributed by atoms with van der Waals surface area (Å²) in [6, 6.07) is 6.47. The molecular formula is C12H11N3O2. The monoisotopic (exact) mass is 229 g/mol. The molecule has 0 radical (unpaired) electrons. The standard InChI is InChI=1S/C12H11N3O2/c1-17-12(16)11(14)8-6-15-9-4-2-3-7(5-13)10(8)9/h2-4,6,11,15H,14H2,1H3. The van der Waals surface area contributed by atoms with E-state index in [1.165, 1.54) is 7.11 Å². The topological polar surface area (TPSA) is 91.9 Å². The molecule has 0 aliphatic rings. The Labute approximate surface area is 97.8 Å². The zero-order chi connectivity index (χ0) is 12.4.